The molecule has 0 aliphatic carbocycles. The monoisotopic (exact) mass is 562 g/mol. The van der Waals surface area contributed by atoms with Crippen LogP contribution in [0, 0.1) is 5.92 Å². The summed E-state index contributed by atoms with van der Waals surface area (Å²) in [7, 11) is 1.41. The Hall–Kier alpha value is -2.47. The zero-order chi connectivity index (χ0) is 28.8. The number of aromatic nitrogens is 1. The lowest BCUT2D eigenvalue weighted by Crippen LogP contribution is -2.45. The molecule has 0 aromatic carbocycles. The highest BCUT2D eigenvalue weighted by Gasteiger charge is 2.32. The van der Waals surface area contributed by atoms with Gasteiger partial charge in [0, 0.05) is 45.3 Å². The van der Waals surface area contributed by atoms with E-state index in [1.54, 1.807) is 6.92 Å². The van der Waals surface area contributed by atoms with Crippen molar-refractivity contribution in [2.24, 2.45) is 5.92 Å². The number of hydrogen-bond acceptors (Lipinski definition) is 6. The van der Waals surface area contributed by atoms with Gasteiger partial charge in [-0.2, -0.15) is 13.2 Å². The van der Waals surface area contributed by atoms with Crippen LogP contribution >= 0.6 is 0 Å². The van der Waals surface area contributed by atoms with Gasteiger partial charge >= 0.3 is 12.1 Å². The molecule has 3 atom stereocenters. The Kier molecular flexibility index (Phi) is 13.9. The fraction of sp³-hybridized carbons (Fsp3) is 0.741. The van der Waals surface area contributed by atoms with E-state index in [1.165, 1.54) is 12.7 Å². The van der Waals surface area contributed by atoms with Gasteiger partial charge in [-0.15, -0.1) is 0 Å². The molecule has 3 unspecified atom stereocenters. The van der Waals surface area contributed by atoms with Crippen LogP contribution in [-0.2, 0) is 27.2 Å². The average molecular weight is 563 g/mol. The number of carboxylic acid groups (broad SMARTS) is 1. The molecule has 1 amide bonds. The summed E-state index contributed by atoms with van der Waals surface area (Å²) >= 11 is 0. The second kappa shape index (κ2) is 16.6. The Morgan fingerprint density at radius 3 is 2.67 bits per heavy atom. The number of halogens is 4. The summed E-state index contributed by atoms with van der Waals surface area (Å²) in [6, 6.07) is 2.88. The van der Waals surface area contributed by atoms with Crippen molar-refractivity contribution in [3.63, 3.8) is 0 Å². The van der Waals surface area contributed by atoms with Crippen LogP contribution in [0.3, 0.4) is 0 Å². The number of rotatable bonds is 18. The van der Waals surface area contributed by atoms with E-state index < -0.39 is 55.6 Å². The van der Waals surface area contributed by atoms with Gasteiger partial charge in [-0.3, -0.25) is 4.79 Å². The predicted octanol–water partition coefficient (Wildman–Crippen LogP) is 4.38. The Morgan fingerprint density at radius 2 is 2.03 bits per heavy atom. The number of methoxy groups -OCH3 is 1. The molecule has 1 aromatic heterocycles. The third kappa shape index (κ3) is 12.5. The lowest BCUT2D eigenvalue weighted by atomic mass is 9.97. The van der Waals surface area contributed by atoms with Gasteiger partial charge in [-0.1, -0.05) is 19.4 Å². The summed E-state index contributed by atoms with van der Waals surface area (Å²) in [4.78, 5) is 30.7. The number of fused-ring (bicyclic) bond motifs is 1. The van der Waals surface area contributed by atoms with Crippen molar-refractivity contribution in [1.82, 2.24) is 15.2 Å². The van der Waals surface area contributed by atoms with Crippen LogP contribution in [0.2, 0.25) is 0 Å². The first kappa shape index (κ1) is 32.7. The first-order valence-corrected chi connectivity index (χ1v) is 13.7. The van der Waals surface area contributed by atoms with E-state index in [2.05, 4.69) is 16.7 Å². The molecule has 0 bridgehead atoms. The first-order valence-electron chi connectivity index (χ1n) is 13.7. The highest BCUT2D eigenvalue weighted by atomic mass is 19.4. The van der Waals surface area contributed by atoms with E-state index >= 15 is 0 Å². The van der Waals surface area contributed by atoms with E-state index in [0.717, 1.165) is 50.2 Å². The molecule has 0 saturated heterocycles. The molecular formula is C27H42F4N4O4. The number of amides is 1. The molecule has 0 saturated carbocycles. The second-order valence-corrected chi connectivity index (χ2v) is 10.2. The van der Waals surface area contributed by atoms with Gasteiger partial charge in [0.25, 0.3) is 0 Å². The van der Waals surface area contributed by atoms with Gasteiger partial charge in [0.2, 0.25) is 5.91 Å². The van der Waals surface area contributed by atoms with Crippen LogP contribution in [0.1, 0.15) is 63.1 Å². The van der Waals surface area contributed by atoms with E-state index in [0.29, 0.717) is 6.54 Å². The molecule has 1 aliphatic heterocycles. The lowest BCUT2D eigenvalue weighted by molar-refractivity contribution is -0.148. The van der Waals surface area contributed by atoms with Crippen LogP contribution in [0.5, 0.6) is 0 Å². The molecule has 12 heteroatoms. The number of ether oxygens (including phenoxy) is 1. The minimum atomic E-state index is -4.39. The molecule has 1 aliphatic rings. The fourth-order valence-corrected chi connectivity index (χ4v) is 4.69. The van der Waals surface area contributed by atoms with E-state index in [9.17, 15) is 32.3 Å². The van der Waals surface area contributed by atoms with Gasteiger partial charge in [-0.05, 0) is 62.6 Å². The number of aliphatic carboxylic acids is 1. The summed E-state index contributed by atoms with van der Waals surface area (Å²) in [5, 5.41) is 15.3. The standard InChI is InChI=1S/C27H42F4N4O4/c1-3-19(16-27(29,30)31)15-24(36)34-23(26(37)38)11-14-35(18-22(17-28)39-2)13-5-4-8-21-10-9-20-7-6-12-32-25(20)33-21/h9-10,19,22-23H,3-8,11-18H2,1-2H3,(H,32,33)(H,34,36)(H,37,38). The smallest absolute Gasteiger partial charge is 0.389 e. The molecule has 222 valence electrons. The third-order valence-corrected chi connectivity index (χ3v) is 7.02. The predicted molar refractivity (Wildman–Crippen MR) is 140 cm³/mol. The number of carbonyl (C=O) groups excluding carboxylic acids is 1. The van der Waals surface area contributed by atoms with Crippen molar-refractivity contribution in [2.45, 2.75) is 83.0 Å². The van der Waals surface area contributed by atoms with E-state index in [1.807, 2.05) is 11.0 Å². The molecule has 3 N–H and O–H groups in total. The highest BCUT2D eigenvalue weighted by molar-refractivity contribution is 5.83. The number of pyridine rings is 1. The van der Waals surface area contributed by atoms with E-state index in [4.69, 9.17) is 9.72 Å². The molecule has 2 rings (SSSR count). The van der Waals surface area contributed by atoms with Crippen LogP contribution in [0.15, 0.2) is 12.1 Å². The maximum absolute atomic E-state index is 13.3. The average Bonchev–Trinajstić information content (AvgIpc) is 2.89. The normalized spacial score (nSPS) is 15.8. The Morgan fingerprint density at radius 1 is 1.26 bits per heavy atom. The quantitative estimate of drug-likeness (QED) is 0.180. The summed E-state index contributed by atoms with van der Waals surface area (Å²) < 4.78 is 56.7. The van der Waals surface area contributed by atoms with Crippen LogP contribution in [0.25, 0.3) is 0 Å². The summed E-state index contributed by atoms with van der Waals surface area (Å²) in [6.07, 6.45) is -1.93. The number of nitrogens with one attached hydrogen (secondary N) is 2. The Bertz CT molecular complexity index is 899. The number of anilines is 1. The number of carboxylic acids is 1. The largest absolute Gasteiger partial charge is 0.480 e. The summed E-state index contributed by atoms with van der Waals surface area (Å²) in [5.41, 5.74) is 2.21. The zero-order valence-electron chi connectivity index (χ0n) is 22.9. The maximum atomic E-state index is 13.3. The van der Waals surface area contributed by atoms with Gasteiger partial charge in [0.1, 0.15) is 18.5 Å². The van der Waals surface area contributed by atoms with Crippen LogP contribution in [-0.4, -0.2) is 85.2 Å². The van der Waals surface area contributed by atoms with Gasteiger partial charge in [0.05, 0.1) is 6.10 Å². The molecule has 39 heavy (non-hydrogen) atoms. The summed E-state index contributed by atoms with van der Waals surface area (Å²) in [6.45, 7) is 2.84. The number of hydrogen-bond donors (Lipinski definition) is 3. The van der Waals surface area contributed by atoms with Crippen molar-refractivity contribution in [3.05, 3.63) is 23.4 Å². The highest BCUT2D eigenvalue weighted by Crippen LogP contribution is 2.28. The van der Waals surface area contributed by atoms with Gasteiger partial charge in [0.15, 0.2) is 0 Å². The van der Waals surface area contributed by atoms with Gasteiger partial charge in [-0.25, -0.2) is 14.2 Å². The van der Waals surface area contributed by atoms with Crippen molar-refractivity contribution >= 4 is 17.7 Å². The minimum Gasteiger partial charge on any atom is -0.480 e. The number of unbranched alkanes of at least 4 members (excludes halogenated alkanes) is 1. The first-order chi connectivity index (χ1) is 18.5. The molecular weight excluding hydrogens is 520 g/mol. The van der Waals surface area contributed by atoms with Crippen molar-refractivity contribution in [1.29, 1.82) is 0 Å². The fourth-order valence-electron chi connectivity index (χ4n) is 4.69. The third-order valence-electron chi connectivity index (χ3n) is 7.02. The van der Waals surface area contributed by atoms with Crippen molar-refractivity contribution < 1.29 is 37.0 Å². The topological polar surface area (TPSA) is 104 Å². The number of aryl methyl sites for hydroxylation is 2. The zero-order valence-corrected chi connectivity index (χ0v) is 22.9. The van der Waals surface area contributed by atoms with Crippen LogP contribution in [0.4, 0.5) is 23.4 Å². The Labute approximate surface area is 227 Å². The summed E-state index contributed by atoms with van der Waals surface area (Å²) in [5.74, 6) is -1.97. The SMILES string of the molecule is CCC(CC(=O)NC(CCN(CCCCc1ccc2c(n1)NCCC2)CC(CF)OC)C(=O)O)CC(F)(F)F. The molecule has 0 spiro atoms. The Balaban J connectivity index is 1.89. The van der Waals surface area contributed by atoms with Crippen LogP contribution < -0.4 is 10.6 Å². The number of nitrogens with zero attached hydrogens (tertiary/aromatic N) is 2. The molecule has 0 radical (unpaired) electrons. The number of carbonyl (C=O) groups is 2. The van der Waals surface area contributed by atoms with Gasteiger partial charge < -0.3 is 25.4 Å². The molecule has 0 fully saturated rings. The maximum Gasteiger partial charge on any atom is 0.389 e. The molecule has 8 nitrogen and oxygen atoms in total. The lowest BCUT2D eigenvalue weighted by Gasteiger charge is -2.27. The van der Waals surface area contributed by atoms with Crippen molar-refractivity contribution in [2.75, 3.05) is 45.3 Å². The molecule has 2 heterocycles. The van der Waals surface area contributed by atoms with E-state index in [-0.39, 0.29) is 25.9 Å². The van der Waals surface area contributed by atoms with Crippen molar-refractivity contribution in [3.8, 4) is 0 Å². The molecule has 1 aromatic rings. The number of alkyl halides is 4. The second-order valence-electron chi connectivity index (χ2n) is 10.2. The minimum absolute atomic E-state index is 0.0257.